The van der Waals surface area contributed by atoms with Gasteiger partial charge in [0, 0.05) is 23.9 Å². The number of hydrogen-bond donors (Lipinski definition) is 4. The number of phenols is 3. The summed E-state index contributed by atoms with van der Waals surface area (Å²) in [4.78, 5) is 38.9. The van der Waals surface area contributed by atoms with Crippen molar-refractivity contribution >= 4 is 17.3 Å². The lowest BCUT2D eigenvalue weighted by atomic mass is 9.70. The minimum absolute atomic E-state index is 0.000873. The second-order valence-corrected chi connectivity index (χ2v) is 8.73. The molecule has 1 atom stereocenters. The van der Waals surface area contributed by atoms with Crippen molar-refractivity contribution in [3.63, 3.8) is 0 Å². The smallest absolute Gasteiger partial charge is 0.194 e. The quantitative estimate of drug-likeness (QED) is 0.302. The van der Waals surface area contributed by atoms with Crippen LogP contribution in [0.5, 0.6) is 23.0 Å². The summed E-state index contributed by atoms with van der Waals surface area (Å²) in [5.41, 5.74) is -0.292. The number of nitrogens with one attached hydrogen (secondary N) is 1. The first-order valence-corrected chi connectivity index (χ1v) is 10.8. The number of fused-ring (bicyclic) bond motifs is 3. The van der Waals surface area contributed by atoms with Gasteiger partial charge < -0.3 is 25.4 Å². The number of carbonyl (C=O) groups is 3. The van der Waals surface area contributed by atoms with Gasteiger partial charge in [-0.1, -0.05) is 12.1 Å². The molecule has 0 spiro atoms. The first-order chi connectivity index (χ1) is 16.0. The van der Waals surface area contributed by atoms with Gasteiger partial charge >= 0.3 is 0 Å². The summed E-state index contributed by atoms with van der Waals surface area (Å²) in [6, 6.07) is 6.74. The minimum Gasteiger partial charge on any atom is -0.508 e. The van der Waals surface area contributed by atoms with Crippen molar-refractivity contribution in [3.8, 4) is 23.0 Å². The maximum atomic E-state index is 13.7. The lowest BCUT2D eigenvalue weighted by Gasteiger charge is -2.29. The van der Waals surface area contributed by atoms with E-state index in [4.69, 9.17) is 4.74 Å². The second kappa shape index (κ2) is 8.06. The molecule has 0 bridgehead atoms. The third-order valence-electron chi connectivity index (χ3n) is 6.50. The van der Waals surface area contributed by atoms with E-state index in [1.165, 1.54) is 26.8 Å². The number of aromatic hydroxyl groups is 3. The first-order valence-electron chi connectivity index (χ1n) is 10.8. The summed E-state index contributed by atoms with van der Waals surface area (Å²) in [7, 11) is 0. The Hall–Kier alpha value is -4.07. The van der Waals surface area contributed by atoms with Gasteiger partial charge in [0.2, 0.25) is 0 Å². The summed E-state index contributed by atoms with van der Waals surface area (Å²) in [6.45, 7) is 6.28. The molecule has 0 fully saturated rings. The third-order valence-corrected chi connectivity index (χ3v) is 6.50. The molecule has 8 heteroatoms. The van der Waals surface area contributed by atoms with Crippen LogP contribution in [0.1, 0.15) is 47.8 Å². The molecular formula is C26H25NO7. The predicted molar refractivity (Wildman–Crippen MR) is 123 cm³/mol. The van der Waals surface area contributed by atoms with E-state index < -0.39 is 28.5 Å². The zero-order chi connectivity index (χ0) is 24.9. The van der Waals surface area contributed by atoms with Gasteiger partial charge in [0.25, 0.3) is 0 Å². The van der Waals surface area contributed by atoms with Crippen LogP contribution in [-0.4, -0.2) is 39.2 Å². The molecule has 2 aromatic rings. The predicted octanol–water partition coefficient (Wildman–Crippen LogP) is 3.11. The van der Waals surface area contributed by atoms with Crippen LogP contribution in [0.15, 0.2) is 47.4 Å². The van der Waals surface area contributed by atoms with E-state index in [1.54, 1.807) is 31.2 Å². The van der Waals surface area contributed by atoms with Gasteiger partial charge in [0.05, 0.1) is 11.1 Å². The van der Waals surface area contributed by atoms with Gasteiger partial charge in [0.1, 0.15) is 39.7 Å². The van der Waals surface area contributed by atoms with Crippen LogP contribution in [-0.2, 0) is 21.4 Å². The zero-order valence-corrected chi connectivity index (χ0v) is 19.3. The molecule has 176 valence electrons. The average Bonchev–Trinajstić information content (AvgIpc) is 3.06. The van der Waals surface area contributed by atoms with Crippen molar-refractivity contribution in [1.82, 2.24) is 5.32 Å². The fraction of sp³-hybridized carbons (Fsp3) is 0.269. The monoisotopic (exact) mass is 463 g/mol. The van der Waals surface area contributed by atoms with Gasteiger partial charge in [-0.15, -0.1) is 0 Å². The zero-order valence-electron chi connectivity index (χ0n) is 19.3. The van der Waals surface area contributed by atoms with Crippen LogP contribution in [0.3, 0.4) is 0 Å². The number of rotatable bonds is 5. The highest BCUT2D eigenvalue weighted by atomic mass is 16.5. The molecule has 0 amide bonds. The van der Waals surface area contributed by atoms with E-state index in [0.717, 1.165) is 5.56 Å². The Labute approximate surface area is 196 Å². The summed E-state index contributed by atoms with van der Waals surface area (Å²) >= 11 is 0. The van der Waals surface area contributed by atoms with Crippen LogP contribution in [0.4, 0.5) is 0 Å². The number of Topliss-reactive ketones (excluding diaryl/α,β-unsaturated/α-hetero) is 2. The van der Waals surface area contributed by atoms with E-state index in [9.17, 15) is 29.7 Å². The van der Waals surface area contributed by atoms with Crippen LogP contribution < -0.4 is 10.1 Å². The van der Waals surface area contributed by atoms with Crippen molar-refractivity contribution in [3.05, 3.63) is 69.6 Å². The Balaban J connectivity index is 1.73. The molecule has 4 N–H and O–H groups in total. The first kappa shape index (κ1) is 23.1. The summed E-state index contributed by atoms with van der Waals surface area (Å²) in [6.07, 6.45) is 1.79. The lowest BCUT2D eigenvalue weighted by Crippen LogP contribution is -2.41. The van der Waals surface area contributed by atoms with Crippen molar-refractivity contribution in [2.75, 3.05) is 6.54 Å². The normalized spacial score (nSPS) is 20.3. The van der Waals surface area contributed by atoms with Crippen molar-refractivity contribution < 1.29 is 34.4 Å². The summed E-state index contributed by atoms with van der Waals surface area (Å²) < 4.78 is 5.76. The van der Waals surface area contributed by atoms with Gasteiger partial charge in [-0.2, -0.15) is 0 Å². The summed E-state index contributed by atoms with van der Waals surface area (Å²) in [5.74, 6) is -2.34. The maximum absolute atomic E-state index is 13.7. The number of hydrogen-bond acceptors (Lipinski definition) is 8. The Bertz CT molecular complexity index is 1320. The topological polar surface area (TPSA) is 133 Å². The third kappa shape index (κ3) is 3.34. The maximum Gasteiger partial charge on any atom is 0.194 e. The molecule has 1 aliphatic heterocycles. The molecule has 1 heterocycles. The highest BCUT2D eigenvalue weighted by molar-refractivity contribution is 6.31. The molecule has 2 aliphatic rings. The van der Waals surface area contributed by atoms with Gasteiger partial charge in [-0.25, -0.2) is 0 Å². The molecule has 0 radical (unpaired) electrons. The fourth-order valence-electron chi connectivity index (χ4n) is 4.51. The van der Waals surface area contributed by atoms with E-state index in [2.05, 4.69) is 5.32 Å². The Morgan fingerprint density at radius 1 is 1.06 bits per heavy atom. The minimum atomic E-state index is -1.54. The van der Waals surface area contributed by atoms with E-state index in [-0.39, 0.29) is 45.3 Å². The van der Waals surface area contributed by atoms with E-state index in [0.29, 0.717) is 18.7 Å². The van der Waals surface area contributed by atoms with Crippen molar-refractivity contribution in [2.45, 2.75) is 39.5 Å². The molecule has 0 saturated heterocycles. The molecule has 4 rings (SSSR count). The standard InChI is InChI=1S/C26H25NO7/c1-12-22(31)20(14(3)28)24-21(23(12)32)26(4)18(34-24)11-17(30)19(25(26)33)13(2)27-10-9-15-5-7-16(29)8-6-15/h5-8,11,27,29,31-32H,9-10H2,1-4H3/b19-13+. The Kier molecular flexibility index (Phi) is 5.47. The van der Waals surface area contributed by atoms with Crippen molar-refractivity contribution in [2.24, 2.45) is 0 Å². The molecule has 34 heavy (non-hydrogen) atoms. The van der Waals surface area contributed by atoms with E-state index in [1.807, 2.05) is 0 Å². The summed E-state index contributed by atoms with van der Waals surface area (Å²) in [5, 5.41) is 33.8. The number of ether oxygens (including phenoxy) is 1. The van der Waals surface area contributed by atoms with Gasteiger partial charge in [0.15, 0.2) is 17.3 Å². The molecule has 8 nitrogen and oxygen atoms in total. The highest BCUT2D eigenvalue weighted by Crippen LogP contribution is 2.57. The SMILES string of the molecule is CC(=O)c1c(O)c(C)c(O)c2c1OC1=CC(=O)/C(=C(/C)NCCc3ccc(O)cc3)C(=O)C12C. The van der Waals surface area contributed by atoms with Crippen LogP contribution in [0.25, 0.3) is 0 Å². The lowest BCUT2D eigenvalue weighted by molar-refractivity contribution is -0.123. The Morgan fingerprint density at radius 2 is 1.71 bits per heavy atom. The number of ketones is 3. The highest BCUT2D eigenvalue weighted by Gasteiger charge is 2.56. The molecule has 0 saturated carbocycles. The largest absolute Gasteiger partial charge is 0.508 e. The van der Waals surface area contributed by atoms with E-state index >= 15 is 0 Å². The Morgan fingerprint density at radius 3 is 2.32 bits per heavy atom. The number of benzene rings is 2. The van der Waals surface area contributed by atoms with Crippen LogP contribution in [0.2, 0.25) is 0 Å². The molecule has 2 aromatic carbocycles. The molecular weight excluding hydrogens is 438 g/mol. The number of allylic oxidation sites excluding steroid dienone is 4. The van der Waals surface area contributed by atoms with Crippen molar-refractivity contribution in [1.29, 1.82) is 0 Å². The molecule has 1 unspecified atom stereocenters. The average molecular weight is 463 g/mol. The number of carbonyl (C=O) groups excluding carboxylic acids is 3. The van der Waals surface area contributed by atoms with Gasteiger partial charge in [-0.05, 0) is 51.8 Å². The van der Waals surface area contributed by atoms with Crippen LogP contribution in [0, 0.1) is 6.92 Å². The number of phenolic OH excluding ortho intramolecular Hbond substituents is 3. The van der Waals surface area contributed by atoms with Crippen LogP contribution >= 0.6 is 0 Å². The molecule has 0 aromatic heterocycles. The fourth-order valence-corrected chi connectivity index (χ4v) is 4.51. The second-order valence-electron chi connectivity index (χ2n) is 8.73. The van der Waals surface area contributed by atoms with Gasteiger partial charge in [-0.3, -0.25) is 14.4 Å². The molecule has 1 aliphatic carbocycles.